The van der Waals surface area contributed by atoms with Crippen LogP contribution in [0.2, 0.25) is 0 Å². The fourth-order valence-corrected chi connectivity index (χ4v) is 7.41. The van der Waals surface area contributed by atoms with E-state index in [0.717, 1.165) is 43.4 Å². The molecule has 3 unspecified atom stereocenters. The summed E-state index contributed by atoms with van der Waals surface area (Å²) in [4.78, 5) is 0. The predicted molar refractivity (Wildman–Crippen MR) is 110 cm³/mol. The smallest absolute Gasteiger partial charge is 0.358 e. The van der Waals surface area contributed by atoms with Crippen molar-refractivity contribution in [1.29, 1.82) is 0 Å². The fourth-order valence-electron chi connectivity index (χ4n) is 7.41. The molecule has 0 bridgehead atoms. The van der Waals surface area contributed by atoms with Gasteiger partial charge in [0.15, 0.2) is 0 Å². The van der Waals surface area contributed by atoms with Gasteiger partial charge in [-0.2, -0.15) is 8.78 Å². The number of fused-ring (bicyclic) bond motifs is 1. The molecule has 2 nitrogen and oxygen atoms in total. The number of hydrogen-bond donors (Lipinski definition) is 0. The number of ether oxygens (including phenoxy) is 2. The van der Waals surface area contributed by atoms with Crippen molar-refractivity contribution in [2.45, 2.75) is 127 Å². The average molecular weight is 411 g/mol. The van der Waals surface area contributed by atoms with Crippen molar-refractivity contribution in [2.75, 3.05) is 0 Å². The Hall–Kier alpha value is -0.220. The quantitative estimate of drug-likeness (QED) is 0.451. The zero-order valence-electron chi connectivity index (χ0n) is 18.0. The van der Waals surface area contributed by atoms with E-state index in [9.17, 15) is 8.78 Å². The molecule has 4 heteroatoms. The van der Waals surface area contributed by atoms with Gasteiger partial charge in [0.2, 0.25) is 0 Å². The Bertz CT molecular complexity index is 531. The van der Waals surface area contributed by atoms with Gasteiger partial charge in [-0.3, -0.25) is 0 Å². The van der Waals surface area contributed by atoms with Crippen molar-refractivity contribution >= 4 is 0 Å². The molecule has 5 fully saturated rings. The summed E-state index contributed by atoms with van der Waals surface area (Å²) in [6, 6.07) is 0. The minimum atomic E-state index is -2.95. The van der Waals surface area contributed by atoms with Gasteiger partial charge in [-0.25, -0.2) is 0 Å². The lowest BCUT2D eigenvalue weighted by Crippen LogP contribution is -2.40. The lowest BCUT2D eigenvalue weighted by Gasteiger charge is -2.41. The van der Waals surface area contributed by atoms with Gasteiger partial charge < -0.3 is 9.47 Å². The maximum Gasteiger partial charge on any atom is 0.358 e. The van der Waals surface area contributed by atoms with E-state index < -0.39 is 12.0 Å². The van der Waals surface area contributed by atoms with Crippen LogP contribution in [0, 0.1) is 29.6 Å². The number of hydrogen-bond acceptors (Lipinski definition) is 2. The third-order valence-corrected chi connectivity index (χ3v) is 9.33. The van der Waals surface area contributed by atoms with Crippen LogP contribution < -0.4 is 0 Å². The van der Waals surface area contributed by atoms with Gasteiger partial charge in [0.25, 0.3) is 0 Å². The third-order valence-electron chi connectivity index (χ3n) is 9.33. The number of alkyl halides is 2. The summed E-state index contributed by atoms with van der Waals surface area (Å²) in [5.41, 5.74) is 0. The van der Waals surface area contributed by atoms with Crippen LogP contribution >= 0.6 is 0 Å². The highest BCUT2D eigenvalue weighted by atomic mass is 19.3. The van der Waals surface area contributed by atoms with Crippen LogP contribution in [0.15, 0.2) is 0 Å². The van der Waals surface area contributed by atoms with E-state index in [0.29, 0.717) is 31.3 Å². The molecular weight excluding hydrogens is 370 g/mol. The average Bonchev–Trinajstić information content (AvgIpc) is 3.53. The van der Waals surface area contributed by atoms with Gasteiger partial charge in [-0.05, 0) is 87.9 Å². The highest BCUT2D eigenvalue weighted by Crippen LogP contribution is 2.48. The van der Waals surface area contributed by atoms with E-state index >= 15 is 0 Å². The Morgan fingerprint density at radius 2 is 1.14 bits per heavy atom. The normalized spacial score (nSPS) is 44.3. The minimum absolute atomic E-state index is 0.198. The van der Waals surface area contributed by atoms with Crippen molar-refractivity contribution in [3.63, 3.8) is 0 Å². The van der Waals surface area contributed by atoms with E-state index in [1.54, 1.807) is 0 Å². The molecule has 0 aromatic heterocycles. The Morgan fingerprint density at radius 1 is 0.586 bits per heavy atom. The van der Waals surface area contributed by atoms with Crippen LogP contribution in [0.1, 0.15) is 103 Å². The molecule has 5 rings (SSSR count). The molecule has 29 heavy (non-hydrogen) atoms. The Balaban J connectivity index is 1.05. The summed E-state index contributed by atoms with van der Waals surface area (Å²) in [7, 11) is 0. The van der Waals surface area contributed by atoms with E-state index in [1.807, 2.05) is 0 Å². The molecule has 1 saturated heterocycles. The molecular formula is C25H40F2O2. The van der Waals surface area contributed by atoms with Gasteiger partial charge in [0, 0.05) is 6.42 Å². The molecule has 5 aliphatic rings. The maximum atomic E-state index is 14.8. The molecule has 0 N–H and O–H groups in total. The van der Waals surface area contributed by atoms with E-state index in [4.69, 9.17) is 9.47 Å². The summed E-state index contributed by atoms with van der Waals surface area (Å²) in [5.74, 6) is 2.87. The van der Waals surface area contributed by atoms with Gasteiger partial charge in [-0.15, -0.1) is 0 Å². The zero-order chi connectivity index (χ0) is 19.8. The first-order valence-electron chi connectivity index (χ1n) is 12.8. The van der Waals surface area contributed by atoms with Crippen molar-refractivity contribution in [3.05, 3.63) is 0 Å². The number of rotatable bonds is 5. The van der Waals surface area contributed by atoms with Gasteiger partial charge in [-0.1, -0.05) is 32.1 Å². The third kappa shape index (κ3) is 4.84. The molecule has 0 aromatic carbocycles. The largest absolute Gasteiger partial charge is 0.369 e. The number of halogens is 2. The van der Waals surface area contributed by atoms with Gasteiger partial charge in [0.1, 0.15) is 0 Å². The fraction of sp³-hybridized carbons (Fsp3) is 1.00. The molecule has 4 aliphatic carbocycles. The minimum Gasteiger partial charge on any atom is -0.369 e. The van der Waals surface area contributed by atoms with Crippen molar-refractivity contribution in [1.82, 2.24) is 0 Å². The first-order chi connectivity index (χ1) is 14.1. The Kier molecular flexibility index (Phi) is 6.22. The second-order valence-corrected chi connectivity index (χ2v) is 11.0. The van der Waals surface area contributed by atoms with Crippen LogP contribution in [0.5, 0.6) is 0 Å². The van der Waals surface area contributed by atoms with Crippen LogP contribution in [-0.2, 0) is 9.47 Å². The molecule has 0 spiro atoms. The first-order valence-corrected chi connectivity index (χ1v) is 12.8. The Labute approximate surface area is 175 Å². The van der Waals surface area contributed by atoms with Gasteiger partial charge in [0.05, 0.1) is 24.2 Å². The lowest BCUT2D eigenvalue weighted by molar-refractivity contribution is -0.300. The monoisotopic (exact) mass is 410 g/mol. The second kappa shape index (κ2) is 8.73. The molecule has 0 radical (unpaired) electrons. The number of epoxide rings is 1. The topological polar surface area (TPSA) is 21.8 Å². The molecule has 3 atom stereocenters. The highest BCUT2D eigenvalue weighted by molar-refractivity contribution is 4.93. The van der Waals surface area contributed by atoms with E-state index in [1.165, 1.54) is 57.8 Å². The van der Waals surface area contributed by atoms with E-state index in [2.05, 4.69) is 0 Å². The second-order valence-electron chi connectivity index (χ2n) is 11.0. The summed E-state index contributed by atoms with van der Waals surface area (Å²) in [6.07, 6.45) is 15.6. The summed E-state index contributed by atoms with van der Waals surface area (Å²) in [6.45, 7) is 0. The standard InChI is InChI=1S/C25H40F2O2/c26-25(27,29-22-14-15-23-24(16-22)28-23)21-12-10-20(11-13-21)19-8-6-18(7-9-19)17-4-2-1-3-5-17/h17-24H,1-16H2. The zero-order valence-corrected chi connectivity index (χ0v) is 18.0. The molecule has 166 valence electrons. The van der Waals surface area contributed by atoms with E-state index in [-0.39, 0.29) is 12.2 Å². The van der Waals surface area contributed by atoms with Crippen LogP contribution in [0.3, 0.4) is 0 Å². The summed E-state index contributed by atoms with van der Waals surface area (Å²) >= 11 is 0. The summed E-state index contributed by atoms with van der Waals surface area (Å²) in [5, 5.41) is 0. The Morgan fingerprint density at radius 3 is 1.72 bits per heavy atom. The molecule has 0 aromatic rings. The SMILES string of the molecule is FC(F)(OC1CCC2OC2C1)C1CCC(C2CCC(C3CCCCC3)CC2)CC1. The predicted octanol–water partition coefficient (Wildman–Crippen LogP) is 7.11. The van der Waals surface area contributed by atoms with Crippen LogP contribution in [-0.4, -0.2) is 24.4 Å². The summed E-state index contributed by atoms with van der Waals surface area (Å²) < 4.78 is 40.4. The molecule has 0 amide bonds. The van der Waals surface area contributed by atoms with Crippen molar-refractivity contribution < 1.29 is 18.3 Å². The molecule has 1 heterocycles. The molecule has 1 aliphatic heterocycles. The van der Waals surface area contributed by atoms with Crippen molar-refractivity contribution in [3.8, 4) is 0 Å². The van der Waals surface area contributed by atoms with Gasteiger partial charge >= 0.3 is 6.11 Å². The molecule has 4 saturated carbocycles. The van der Waals surface area contributed by atoms with Crippen LogP contribution in [0.4, 0.5) is 8.78 Å². The maximum absolute atomic E-state index is 14.8. The first kappa shape index (κ1) is 20.7. The lowest BCUT2D eigenvalue weighted by atomic mass is 9.65. The van der Waals surface area contributed by atoms with Crippen molar-refractivity contribution in [2.24, 2.45) is 29.6 Å². The highest BCUT2D eigenvalue weighted by Gasteiger charge is 2.50. The van der Waals surface area contributed by atoms with Crippen LogP contribution in [0.25, 0.3) is 0 Å².